The van der Waals surface area contributed by atoms with E-state index in [1.54, 1.807) is 6.20 Å². The average Bonchev–Trinajstić information content (AvgIpc) is 2.56. The lowest BCUT2D eigenvalue weighted by Gasteiger charge is -2.32. The van der Waals surface area contributed by atoms with Gasteiger partial charge in [0.2, 0.25) is 5.91 Å². The molecule has 1 aromatic heterocycles. The lowest BCUT2D eigenvalue weighted by Crippen LogP contribution is -2.49. The van der Waals surface area contributed by atoms with Crippen LogP contribution in [-0.4, -0.2) is 34.9 Å². The molecule has 0 aliphatic carbocycles. The highest BCUT2D eigenvalue weighted by atomic mass is 16.2. The molecule has 1 unspecified atom stereocenters. The Morgan fingerprint density at radius 1 is 1.28 bits per heavy atom. The van der Waals surface area contributed by atoms with Gasteiger partial charge in [0, 0.05) is 19.3 Å². The maximum absolute atomic E-state index is 11.8. The molecule has 1 atom stereocenters. The number of rotatable bonds is 4. The summed E-state index contributed by atoms with van der Waals surface area (Å²) in [6.07, 6.45) is 4.98. The van der Waals surface area contributed by atoms with Gasteiger partial charge in [-0.1, -0.05) is 40.7 Å². The number of hydrogen-bond donors (Lipinski definition) is 2. The molecule has 2 heterocycles. The van der Waals surface area contributed by atoms with Crippen LogP contribution >= 0.6 is 0 Å². The van der Waals surface area contributed by atoms with Gasteiger partial charge in [-0.15, -0.1) is 0 Å². The third-order valence-electron chi connectivity index (χ3n) is 4.65. The number of hydrogen-bond acceptors (Lipinski definition) is 4. The van der Waals surface area contributed by atoms with Gasteiger partial charge in [-0.2, -0.15) is 0 Å². The number of aromatic nitrogens is 1. The van der Waals surface area contributed by atoms with Crippen LogP contribution in [0, 0.1) is 17.8 Å². The number of carbonyl (C=O) groups excluding carboxylic acids is 1. The Morgan fingerprint density at radius 3 is 2.36 bits per heavy atom. The number of nitrogens with zero attached hydrogens (tertiary/aromatic N) is 2. The van der Waals surface area contributed by atoms with E-state index in [1.807, 2.05) is 30.9 Å². The monoisotopic (exact) mass is 348 g/mol. The molecule has 0 bridgehead atoms. The second-order valence-corrected chi connectivity index (χ2v) is 7.92. The smallest absolute Gasteiger partial charge is 0.239 e. The minimum atomic E-state index is -0.316. The maximum atomic E-state index is 11.8. The van der Waals surface area contributed by atoms with E-state index in [-0.39, 0.29) is 17.9 Å². The molecule has 2 rings (SSSR count). The van der Waals surface area contributed by atoms with Gasteiger partial charge < -0.3 is 16.4 Å². The molecule has 1 fully saturated rings. The number of anilines is 1. The van der Waals surface area contributed by atoms with E-state index in [0.717, 1.165) is 43.8 Å². The number of piperidine rings is 1. The topological polar surface area (TPSA) is 85.2 Å². The van der Waals surface area contributed by atoms with Crippen molar-refractivity contribution in [2.24, 2.45) is 23.5 Å². The minimum Gasteiger partial charge on any atom is -0.383 e. The molecule has 0 aromatic carbocycles. The molecule has 25 heavy (non-hydrogen) atoms. The number of carbonyl (C=O) groups is 1. The van der Waals surface area contributed by atoms with Crippen LogP contribution < -0.4 is 11.5 Å². The molecule has 0 spiro atoms. The van der Waals surface area contributed by atoms with Gasteiger partial charge >= 0.3 is 0 Å². The van der Waals surface area contributed by atoms with Crippen molar-refractivity contribution in [2.45, 2.75) is 59.9 Å². The molecule has 0 radical (unpaired) electrons. The van der Waals surface area contributed by atoms with Crippen molar-refractivity contribution in [1.29, 1.82) is 0 Å². The van der Waals surface area contributed by atoms with Crippen LogP contribution in [0.3, 0.4) is 0 Å². The molecule has 1 amide bonds. The van der Waals surface area contributed by atoms with Crippen LogP contribution in [0.1, 0.15) is 53.0 Å². The Morgan fingerprint density at radius 2 is 1.88 bits per heavy atom. The summed E-state index contributed by atoms with van der Waals surface area (Å²) in [4.78, 5) is 17.8. The number of likely N-dealkylation sites (tertiary alicyclic amines) is 1. The van der Waals surface area contributed by atoms with E-state index in [4.69, 9.17) is 11.5 Å². The van der Waals surface area contributed by atoms with Crippen molar-refractivity contribution >= 4 is 11.7 Å². The fourth-order valence-electron chi connectivity index (χ4n) is 2.79. The van der Waals surface area contributed by atoms with E-state index < -0.39 is 0 Å². The fraction of sp³-hybridized carbons (Fsp3) is 0.700. The highest BCUT2D eigenvalue weighted by Crippen LogP contribution is 2.17. The highest BCUT2D eigenvalue weighted by molar-refractivity contribution is 5.82. The second-order valence-electron chi connectivity index (χ2n) is 7.92. The van der Waals surface area contributed by atoms with Crippen molar-refractivity contribution in [3.63, 3.8) is 0 Å². The fourth-order valence-corrected chi connectivity index (χ4v) is 2.79. The SMILES string of the molecule is CC(C)Cc1cccnc1N.CC1CCN(C(=O)C(N)C(C)C)CC1. The number of amides is 1. The summed E-state index contributed by atoms with van der Waals surface area (Å²) in [5.74, 6) is 2.44. The van der Waals surface area contributed by atoms with Crippen molar-refractivity contribution < 1.29 is 4.79 Å². The number of pyridine rings is 1. The molecular weight excluding hydrogens is 312 g/mol. The van der Waals surface area contributed by atoms with Gasteiger partial charge in [0.15, 0.2) is 0 Å². The molecule has 1 aromatic rings. The predicted molar refractivity (Wildman–Crippen MR) is 105 cm³/mol. The first kappa shape index (κ1) is 21.4. The van der Waals surface area contributed by atoms with Crippen LogP contribution in [0.2, 0.25) is 0 Å². The molecule has 142 valence electrons. The first-order chi connectivity index (χ1) is 11.7. The third-order valence-corrected chi connectivity index (χ3v) is 4.65. The van der Waals surface area contributed by atoms with Crippen molar-refractivity contribution in [1.82, 2.24) is 9.88 Å². The molecule has 0 saturated carbocycles. The van der Waals surface area contributed by atoms with Gasteiger partial charge in [0.25, 0.3) is 0 Å². The summed E-state index contributed by atoms with van der Waals surface area (Å²) >= 11 is 0. The Balaban J connectivity index is 0.000000257. The van der Waals surface area contributed by atoms with Crippen molar-refractivity contribution in [3.8, 4) is 0 Å². The largest absolute Gasteiger partial charge is 0.383 e. The second kappa shape index (κ2) is 10.4. The van der Waals surface area contributed by atoms with Crippen molar-refractivity contribution in [3.05, 3.63) is 23.9 Å². The Labute approximate surface area is 153 Å². The van der Waals surface area contributed by atoms with E-state index in [0.29, 0.717) is 11.7 Å². The minimum absolute atomic E-state index is 0.131. The molecule has 1 aliphatic heterocycles. The predicted octanol–water partition coefficient (Wildman–Crippen LogP) is 3.09. The van der Waals surface area contributed by atoms with Crippen LogP contribution in [0.25, 0.3) is 0 Å². The third kappa shape index (κ3) is 7.43. The summed E-state index contributed by atoms with van der Waals surface area (Å²) in [6, 6.07) is 3.64. The zero-order chi connectivity index (χ0) is 19.0. The van der Waals surface area contributed by atoms with Gasteiger partial charge in [-0.3, -0.25) is 4.79 Å². The molecule has 4 N–H and O–H groups in total. The number of nitrogen functional groups attached to an aromatic ring is 1. The van der Waals surface area contributed by atoms with Crippen molar-refractivity contribution in [2.75, 3.05) is 18.8 Å². The first-order valence-electron chi connectivity index (χ1n) is 9.46. The summed E-state index contributed by atoms with van der Waals surface area (Å²) in [6.45, 7) is 12.4. The Bertz CT molecular complexity index is 522. The van der Waals surface area contributed by atoms with E-state index in [1.165, 1.54) is 0 Å². The lowest BCUT2D eigenvalue weighted by atomic mass is 9.97. The Hall–Kier alpha value is -1.62. The molecule has 5 heteroatoms. The van der Waals surface area contributed by atoms with Crippen LogP contribution in [-0.2, 0) is 11.2 Å². The van der Waals surface area contributed by atoms with Crippen LogP contribution in [0.15, 0.2) is 18.3 Å². The van der Waals surface area contributed by atoms with E-state index in [2.05, 4.69) is 25.8 Å². The van der Waals surface area contributed by atoms with Gasteiger partial charge in [-0.25, -0.2) is 4.98 Å². The van der Waals surface area contributed by atoms with E-state index >= 15 is 0 Å². The lowest BCUT2D eigenvalue weighted by molar-refractivity contribution is -0.134. The molecular formula is C20H36N4O. The first-order valence-corrected chi connectivity index (χ1v) is 9.46. The zero-order valence-electron chi connectivity index (χ0n) is 16.5. The van der Waals surface area contributed by atoms with Crippen LogP contribution in [0.5, 0.6) is 0 Å². The van der Waals surface area contributed by atoms with E-state index in [9.17, 15) is 4.79 Å². The summed E-state index contributed by atoms with van der Waals surface area (Å²) in [5.41, 5.74) is 12.6. The van der Waals surface area contributed by atoms with Gasteiger partial charge in [-0.05, 0) is 48.6 Å². The highest BCUT2D eigenvalue weighted by Gasteiger charge is 2.26. The average molecular weight is 349 g/mol. The number of nitrogens with two attached hydrogens (primary N) is 2. The normalized spacial score (nSPS) is 16.6. The summed E-state index contributed by atoms with van der Waals surface area (Å²) < 4.78 is 0. The summed E-state index contributed by atoms with van der Waals surface area (Å²) in [5, 5.41) is 0. The quantitative estimate of drug-likeness (QED) is 0.875. The van der Waals surface area contributed by atoms with Gasteiger partial charge in [0.05, 0.1) is 6.04 Å². The molecule has 1 saturated heterocycles. The molecule has 5 nitrogen and oxygen atoms in total. The zero-order valence-corrected chi connectivity index (χ0v) is 16.5. The maximum Gasteiger partial charge on any atom is 0.239 e. The standard InChI is InChI=1S/C11H22N2O.C9H14N2/c1-8(2)10(12)11(14)13-6-4-9(3)5-7-13;1-7(2)6-8-4-3-5-11-9(8)10/h8-10H,4-7,12H2,1-3H3;3-5,7H,6H2,1-2H3,(H2,10,11). The molecule has 1 aliphatic rings. The Kier molecular flexibility index (Phi) is 8.90. The summed E-state index contributed by atoms with van der Waals surface area (Å²) in [7, 11) is 0. The van der Waals surface area contributed by atoms with Crippen LogP contribution in [0.4, 0.5) is 5.82 Å². The van der Waals surface area contributed by atoms with Gasteiger partial charge in [0.1, 0.15) is 5.82 Å².